The van der Waals surface area contributed by atoms with E-state index in [9.17, 15) is 22.4 Å². The van der Waals surface area contributed by atoms with Crippen molar-refractivity contribution < 1.29 is 31.8 Å². The fraction of sp³-hybridized carbons (Fsp3) is 0.417. The summed E-state index contributed by atoms with van der Waals surface area (Å²) in [6.07, 6.45) is -2.61. The number of morpholine rings is 1. The smallest absolute Gasteiger partial charge is 0.406 e. The number of piperidine rings is 1. The second kappa shape index (κ2) is 9.46. The van der Waals surface area contributed by atoms with Crippen LogP contribution in [0, 0.1) is 5.82 Å². The maximum atomic E-state index is 14.9. The fourth-order valence-electron chi connectivity index (χ4n) is 4.80. The lowest BCUT2D eigenvalue weighted by Crippen LogP contribution is -2.38. The topological polar surface area (TPSA) is 79.5 Å². The van der Waals surface area contributed by atoms with Gasteiger partial charge in [0.25, 0.3) is 5.91 Å². The average molecular weight is 492 g/mol. The van der Waals surface area contributed by atoms with Crippen LogP contribution in [-0.2, 0) is 4.74 Å². The van der Waals surface area contributed by atoms with Gasteiger partial charge in [0.1, 0.15) is 23.3 Å². The van der Waals surface area contributed by atoms with Gasteiger partial charge in [0.2, 0.25) is 0 Å². The van der Waals surface area contributed by atoms with E-state index in [-0.39, 0.29) is 35.1 Å². The number of aromatic amines is 1. The van der Waals surface area contributed by atoms with Crippen LogP contribution in [0.25, 0.3) is 11.0 Å². The van der Waals surface area contributed by atoms with Crippen molar-refractivity contribution in [1.29, 1.82) is 0 Å². The molecule has 11 heteroatoms. The summed E-state index contributed by atoms with van der Waals surface area (Å²) >= 11 is 0. The van der Waals surface area contributed by atoms with Crippen molar-refractivity contribution in [1.82, 2.24) is 20.2 Å². The summed E-state index contributed by atoms with van der Waals surface area (Å²) in [6.45, 7) is 2.85. The summed E-state index contributed by atoms with van der Waals surface area (Å²) in [5.74, 6) is -1.14. The van der Waals surface area contributed by atoms with Crippen LogP contribution in [-0.4, -0.2) is 59.9 Å². The summed E-state index contributed by atoms with van der Waals surface area (Å²) in [5, 5.41) is 4.00. The summed E-state index contributed by atoms with van der Waals surface area (Å²) in [7, 11) is 0. The number of rotatable bonds is 4. The lowest BCUT2D eigenvalue weighted by atomic mass is 9.87. The third-order valence-corrected chi connectivity index (χ3v) is 6.47. The highest BCUT2D eigenvalue weighted by atomic mass is 19.4. The number of alkyl halides is 3. The summed E-state index contributed by atoms with van der Waals surface area (Å²) in [5.41, 5.74) is 2.30. The molecule has 2 aliphatic heterocycles. The molecule has 35 heavy (non-hydrogen) atoms. The average Bonchev–Trinajstić information content (AvgIpc) is 3.28. The number of amides is 1. The van der Waals surface area contributed by atoms with Gasteiger partial charge in [-0.3, -0.25) is 4.79 Å². The molecular weight excluding hydrogens is 468 g/mol. The third kappa shape index (κ3) is 5.10. The number of nitrogens with zero attached hydrogens (tertiary/aromatic N) is 2. The number of fused-ring (bicyclic) bond motifs is 1. The van der Waals surface area contributed by atoms with Crippen molar-refractivity contribution in [2.75, 3.05) is 32.8 Å². The molecule has 1 atom stereocenters. The molecule has 0 saturated carbocycles. The first-order chi connectivity index (χ1) is 16.8. The minimum Gasteiger partial charge on any atom is -0.406 e. The van der Waals surface area contributed by atoms with E-state index in [4.69, 9.17) is 4.74 Å². The van der Waals surface area contributed by atoms with Crippen LogP contribution in [0.5, 0.6) is 5.75 Å². The molecule has 2 saturated heterocycles. The molecule has 0 spiro atoms. The maximum Gasteiger partial charge on any atom is 0.573 e. The Morgan fingerprint density at radius 1 is 1.17 bits per heavy atom. The van der Waals surface area contributed by atoms with Gasteiger partial charge in [0.15, 0.2) is 0 Å². The molecule has 1 amide bonds. The molecular formula is C24H24F4N4O3. The highest BCUT2D eigenvalue weighted by Crippen LogP contribution is 2.36. The minimum absolute atomic E-state index is 0.0961. The second-order valence-electron chi connectivity index (χ2n) is 8.71. The summed E-state index contributed by atoms with van der Waals surface area (Å²) in [4.78, 5) is 21.9. The largest absolute Gasteiger partial charge is 0.573 e. The van der Waals surface area contributed by atoms with Crippen LogP contribution in [0.15, 0.2) is 36.5 Å². The Labute approximate surface area is 198 Å². The van der Waals surface area contributed by atoms with E-state index in [0.29, 0.717) is 50.3 Å². The number of halogens is 4. The number of H-pyrrole nitrogens is 1. The number of carbonyl (C=O) groups is 1. The molecule has 186 valence electrons. The molecule has 4 heterocycles. The molecule has 2 aliphatic rings. The highest BCUT2D eigenvalue weighted by molar-refractivity contribution is 5.94. The van der Waals surface area contributed by atoms with Crippen molar-refractivity contribution in [3.8, 4) is 5.75 Å². The van der Waals surface area contributed by atoms with Crippen molar-refractivity contribution in [2.24, 2.45) is 0 Å². The molecule has 5 rings (SSSR count). The first kappa shape index (κ1) is 23.6. The van der Waals surface area contributed by atoms with E-state index < -0.39 is 6.36 Å². The van der Waals surface area contributed by atoms with Gasteiger partial charge in [-0.2, -0.15) is 0 Å². The number of hydrogen-bond acceptors (Lipinski definition) is 5. The van der Waals surface area contributed by atoms with Gasteiger partial charge in [-0.15, -0.1) is 13.2 Å². The highest BCUT2D eigenvalue weighted by Gasteiger charge is 2.32. The first-order valence-corrected chi connectivity index (χ1v) is 11.4. The molecule has 7 nitrogen and oxygen atoms in total. The standard InChI is InChI=1S/C24H24F4N4O3/c25-18-12-30-22-17(11-19(31-22)20-13-29-7-10-34-20)21(18)14-5-8-32(9-6-14)23(33)15-1-3-16(4-2-15)35-24(26,27)28/h1-4,11-12,14,20,29H,5-10,13H2,(H,30,31)/t20-/m1/s1. The SMILES string of the molecule is O=C(c1ccc(OC(F)(F)F)cc1)N1CCC(c2c(F)cnc3[nH]c([C@H]4CNCCO4)cc23)CC1. The number of ether oxygens (including phenoxy) is 2. The Kier molecular flexibility index (Phi) is 6.37. The quantitative estimate of drug-likeness (QED) is 0.532. The zero-order chi connectivity index (χ0) is 24.6. The summed E-state index contributed by atoms with van der Waals surface area (Å²) < 4.78 is 61.6. The lowest BCUT2D eigenvalue weighted by Gasteiger charge is -2.32. The minimum atomic E-state index is -4.79. The molecule has 3 aromatic rings. The third-order valence-electron chi connectivity index (χ3n) is 6.47. The predicted molar refractivity (Wildman–Crippen MR) is 119 cm³/mol. The Bertz CT molecular complexity index is 1200. The molecule has 0 bridgehead atoms. The van der Waals surface area contributed by atoms with Gasteiger partial charge in [0.05, 0.1) is 12.8 Å². The van der Waals surface area contributed by atoms with E-state index in [2.05, 4.69) is 20.0 Å². The number of pyridine rings is 1. The lowest BCUT2D eigenvalue weighted by molar-refractivity contribution is -0.274. The summed E-state index contributed by atoms with van der Waals surface area (Å²) in [6, 6.07) is 6.76. The molecule has 2 fully saturated rings. The second-order valence-corrected chi connectivity index (χ2v) is 8.71. The molecule has 0 unspecified atom stereocenters. The van der Waals surface area contributed by atoms with E-state index >= 15 is 0 Å². The number of aromatic nitrogens is 2. The molecule has 2 N–H and O–H groups in total. The van der Waals surface area contributed by atoms with Crippen molar-refractivity contribution in [3.05, 3.63) is 59.2 Å². The van der Waals surface area contributed by atoms with Gasteiger partial charge in [-0.1, -0.05) is 0 Å². The van der Waals surface area contributed by atoms with Gasteiger partial charge in [0, 0.05) is 48.4 Å². The predicted octanol–water partition coefficient (Wildman–Crippen LogP) is 4.28. The molecule has 1 aromatic carbocycles. The molecule has 2 aromatic heterocycles. The Morgan fingerprint density at radius 3 is 2.57 bits per heavy atom. The van der Waals surface area contributed by atoms with Crippen LogP contribution in [0.4, 0.5) is 17.6 Å². The maximum absolute atomic E-state index is 14.9. The fourth-order valence-corrected chi connectivity index (χ4v) is 4.80. The van der Waals surface area contributed by atoms with Crippen LogP contribution in [0.1, 0.15) is 46.5 Å². The van der Waals surface area contributed by atoms with Crippen LogP contribution in [0.3, 0.4) is 0 Å². The molecule has 0 aliphatic carbocycles. The first-order valence-electron chi connectivity index (χ1n) is 11.4. The monoisotopic (exact) mass is 492 g/mol. The van der Waals surface area contributed by atoms with E-state index in [1.165, 1.54) is 18.3 Å². The van der Waals surface area contributed by atoms with Gasteiger partial charge in [-0.25, -0.2) is 9.37 Å². The number of benzene rings is 1. The molecule has 0 radical (unpaired) electrons. The zero-order valence-corrected chi connectivity index (χ0v) is 18.7. The van der Waals surface area contributed by atoms with Crippen LogP contribution >= 0.6 is 0 Å². The Hall–Kier alpha value is -3.18. The van der Waals surface area contributed by atoms with Crippen molar-refractivity contribution >= 4 is 16.9 Å². The van der Waals surface area contributed by atoms with Crippen molar-refractivity contribution in [3.63, 3.8) is 0 Å². The normalized spacial score (nSPS) is 19.8. The number of likely N-dealkylation sites (tertiary alicyclic amines) is 1. The zero-order valence-electron chi connectivity index (χ0n) is 18.7. The van der Waals surface area contributed by atoms with Crippen molar-refractivity contribution in [2.45, 2.75) is 31.2 Å². The van der Waals surface area contributed by atoms with E-state index in [0.717, 1.165) is 29.8 Å². The van der Waals surface area contributed by atoms with Crippen LogP contribution < -0.4 is 10.1 Å². The Morgan fingerprint density at radius 2 is 1.91 bits per heavy atom. The Balaban J connectivity index is 1.28. The number of nitrogens with one attached hydrogen (secondary N) is 2. The van der Waals surface area contributed by atoms with Gasteiger partial charge in [-0.05, 0) is 49.1 Å². The van der Waals surface area contributed by atoms with Crippen LogP contribution in [0.2, 0.25) is 0 Å². The van der Waals surface area contributed by atoms with E-state index in [1.807, 2.05) is 6.07 Å². The number of carbonyl (C=O) groups excluding carboxylic acids is 1. The number of hydrogen-bond donors (Lipinski definition) is 2. The van der Waals surface area contributed by atoms with Gasteiger partial charge < -0.3 is 24.7 Å². The van der Waals surface area contributed by atoms with Gasteiger partial charge >= 0.3 is 6.36 Å². The van der Waals surface area contributed by atoms with E-state index in [1.54, 1.807) is 4.90 Å².